The normalized spacial score (nSPS) is 12.6. The fourth-order valence-corrected chi connectivity index (χ4v) is 4.45. The number of sulfone groups is 1. The average Bonchev–Trinajstić information content (AvgIpc) is 2.49. The van der Waals surface area contributed by atoms with Crippen molar-refractivity contribution in [1.82, 2.24) is 5.32 Å². The zero-order chi connectivity index (χ0) is 17.7. The summed E-state index contributed by atoms with van der Waals surface area (Å²) < 4.78 is 26.1. The lowest BCUT2D eigenvalue weighted by molar-refractivity contribution is -0.119. The lowest BCUT2D eigenvalue weighted by Gasteiger charge is -2.16. The first-order valence-corrected chi connectivity index (χ1v) is 10.7. The van der Waals surface area contributed by atoms with Crippen molar-refractivity contribution in [2.45, 2.75) is 18.7 Å². The van der Waals surface area contributed by atoms with Crippen LogP contribution in [0.3, 0.4) is 0 Å². The van der Waals surface area contributed by atoms with Crippen LogP contribution in [0.2, 0.25) is 0 Å². The first-order chi connectivity index (χ1) is 11.3. The number of benzene rings is 2. The van der Waals surface area contributed by atoms with E-state index in [2.05, 4.69) is 37.2 Å². The molecule has 2 rings (SSSR count). The van der Waals surface area contributed by atoms with E-state index >= 15 is 0 Å². The van der Waals surface area contributed by atoms with Gasteiger partial charge in [0.2, 0.25) is 5.91 Å². The molecule has 0 aliphatic heterocycles. The first kappa shape index (κ1) is 19.1. The number of carbonyl (C=O) groups is 1. The molecule has 1 amide bonds. The number of halogens is 2. The maximum absolute atomic E-state index is 12.2. The largest absolute Gasteiger partial charge is 0.349 e. The Morgan fingerprint density at radius 2 is 1.71 bits per heavy atom. The standard InChI is InChI=1S/C17H17Br2NO3S/c1-12(15-4-2-3-5-16(15)19)20-17(21)11-24(22,23)10-13-6-8-14(18)9-7-13/h2-9,12H,10-11H2,1H3,(H,20,21). The smallest absolute Gasteiger partial charge is 0.235 e. The maximum Gasteiger partial charge on any atom is 0.235 e. The topological polar surface area (TPSA) is 63.2 Å². The molecule has 0 bridgehead atoms. The molecule has 0 aromatic heterocycles. The Morgan fingerprint density at radius 1 is 1.08 bits per heavy atom. The summed E-state index contributed by atoms with van der Waals surface area (Å²) in [4.78, 5) is 12.1. The molecule has 0 fully saturated rings. The highest BCUT2D eigenvalue weighted by Crippen LogP contribution is 2.22. The molecular formula is C17H17Br2NO3S. The van der Waals surface area contributed by atoms with Crippen LogP contribution in [0.25, 0.3) is 0 Å². The highest BCUT2D eigenvalue weighted by molar-refractivity contribution is 9.10. The minimum Gasteiger partial charge on any atom is -0.349 e. The zero-order valence-corrected chi connectivity index (χ0v) is 17.0. The van der Waals surface area contributed by atoms with E-state index in [1.807, 2.05) is 31.2 Å². The highest BCUT2D eigenvalue weighted by Gasteiger charge is 2.20. The van der Waals surface area contributed by atoms with Crippen molar-refractivity contribution >= 4 is 47.6 Å². The van der Waals surface area contributed by atoms with Crippen molar-refractivity contribution in [2.75, 3.05) is 5.75 Å². The Labute approximate surface area is 158 Å². The van der Waals surface area contributed by atoms with Crippen LogP contribution < -0.4 is 5.32 Å². The first-order valence-electron chi connectivity index (χ1n) is 7.25. The second kappa shape index (κ2) is 8.27. The Balaban J connectivity index is 1.98. The van der Waals surface area contributed by atoms with E-state index < -0.39 is 21.5 Å². The lowest BCUT2D eigenvalue weighted by Crippen LogP contribution is -2.33. The monoisotopic (exact) mass is 473 g/mol. The molecule has 2 aromatic rings. The van der Waals surface area contributed by atoms with Crippen molar-refractivity contribution in [3.8, 4) is 0 Å². The van der Waals surface area contributed by atoms with E-state index in [1.165, 1.54) is 0 Å². The van der Waals surface area contributed by atoms with E-state index in [4.69, 9.17) is 0 Å². The molecule has 1 unspecified atom stereocenters. The van der Waals surface area contributed by atoms with Crippen LogP contribution in [0.1, 0.15) is 24.1 Å². The third-order valence-corrected chi connectivity index (χ3v) is 6.13. The predicted molar refractivity (Wildman–Crippen MR) is 102 cm³/mol. The minimum absolute atomic E-state index is 0.156. The fourth-order valence-electron chi connectivity index (χ4n) is 2.27. The van der Waals surface area contributed by atoms with Crippen LogP contribution in [0.5, 0.6) is 0 Å². The minimum atomic E-state index is -3.52. The van der Waals surface area contributed by atoms with Crippen molar-refractivity contribution in [1.29, 1.82) is 0 Å². The summed E-state index contributed by atoms with van der Waals surface area (Å²) in [5, 5.41) is 2.73. The molecule has 4 nitrogen and oxygen atoms in total. The van der Waals surface area contributed by atoms with Gasteiger partial charge in [-0.2, -0.15) is 0 Å². The molecule has 0 saturated carbocycles. The molecule has 0 heterocycles. The number of hydrogen-bond acceptors (Lipinski definition) is 3. The van der Waals surface area contributed by atoms with Crippen LogP contribution in [0.15, 0.2) is 57.5 Å². The van der Waals surface area contributed by atoms with E-state index in [0.717, 1.165) is 14.5 Å². The molecule has 0 saturated heterocycles. The average molecular weight is 475 g/mol. The van der Waals surface area contributed by atoms with Crippen molar-refractivity contribution in [3.05, 3.63) is 68.6 Å². The third kappa shape index (κ3) is 5.72. The van der Waals surface area contributed by atoms with E-state index in [9.17, 15) is 13.2 Å². The Bertz CT molecular complexity index is 820. The summed E-state index contributed by atoms with van der Waals surface area (Å²) in [7, 11) is -3.52. The van der Waals surface area contributed by atoms with Gasteiger partial charge >= 0.3 is 0 Å². The van der Waals surface area contributed by atoms with Gasteiger partial charge in [0.1, 0.15) is 5.75 Å². The van der Waals surface area contributed by atoms with Crippen LogP contribution in [-0.2, 0) is 20.4 Å². The summed E-state index contributed by atoms with van der Waals surface area (Å²) in [6.45, 7) is 1.82. The molecule has 7 heteroatoms. The van der Waals surface area contributed by atoms with Gasteiger partial charge in [-0.25, -0.2) is 8.42 Å². The number of carbonyl (C=O) groups excluding carboxylic acids is 1. The van der Waals surface area contributed by atoms with Gasteiger partial charge in [-0.15, -0.1) is 0 Å². The summed E-state index contributed by atoms with van der Waals surface area (Å²) in [6.07, 6.45) is 0. The number of nitrogens with one attached hydrogen (secondary N) is 1. The molecule has 0 aliphatic rings. The van der Waals surface area contributed by atoms with Gasteiger partial charge in [0.05, 0.1) is 11.8 Å². The van der Waals surface area contributed by atoms with E-state index in [-0.39, 0.29) is 11.8 Å². The van der Waals surface area contributed by atoms with Crippen LogP contribution in [0, 0.1) is 0 Å². The molecule has 2 aromatic carbocycles. The van der Waals surface area contributed by atoms with Crippen LogP contribution in [-0.4, -0.2) is 20.1 Å². The Morgan fingerprint density at radius 3 is 2.33 bits per heavy atom. The number of hydrogen-bond donors (Lipinski definition) is 1. The lowest BCUT2D eigenvalue weighted by atomic mass is 10.1. The summed E-state index contributed by atoms with van der Waals surface area (Å²) in [5.74, 6) is -1.19. The van der Waals surface area contributed by atoms with Gasteiger partial charge in [0, 0.05) is 8.95 Å². The van der Waals surface area contributed by atoms with Gasteiger partial charge < -0.3 is 5.32 Å². The maximum atomic E-state index is 12.2. The van der Waals surface area contributed by atoms with E-state index in [0.29, 0.717) is 5.56 Å². The third-order valence-electron chi connectivity index (χ3n) is 3.40. The molecule has 0 radical (unpaired) electrons. The molecule has 1 atom stereocenters. The number of rotatable bonds is 6. The van der Waals surface area contributed by atoms with Crippen molar-refractivity contribution in [2.24, 2.45) is 0 Å². The highest BCUT2D eigenvalue weighted by atomic mass is 79.9. The summed E-state index contributed by atoms with van der Waals surface area (Å²) in [5.41, 5.74) is 1.56. The quantitative estimate of drug-likeness (QED) is 0.688. The summed E-state index contributed by atoms with van der Waals surface area (Å²) in [6, 6.07) is 14.2. The fraction of sp³-hybridized carbons (Fsp3) is 0.235. The molecule has 24 heavy (non-hydrogen) atoms. The molecule has 0 spiro atoms. The second-order valence-electron chi connectivity index (χ2n) is 5.47. The molecule has 0 aliphatic carbocycles. The van der Waals surface area contributed by atoms with Crippen molar-refractivity contribution < 1.29 is 13.2 Å². The van der Waals surface area contributed by atoms with Gasteiger partial charge in [0.15, 0.2) is 9.84 Å². The van der Waals surface area contributed by atoms with Gasteiger partial charge in [-0.3, -0.25) is 4.79 Å². The SMILES string of the molecule is CC(NC(=O)CS(=O)(=O)Cc1ccc(Br)cc1)c1ccccc1Br. The van der Waals surface area contributed by atoms with Crippen molar-refractivity contribution in [3.63, 3.8) is 0 Å². The predicted octanol–water partition coefficient (Wildman–Crippen LogP) is 4.00. The van der Waals surface area contributed by atoms with Gasteiger partial charge in [-0.05, 0) is 36.2 Å². The summed E-state index contributed by atoms with van der Waals surface area (Å²) >= 11 is 6.73. The van der Waals surface area contributed by atoms with Crippen LogP contribution >= 0.6 is 31.9 Å². The van der Waals surface area contributed by atoms with Gasteiger partial charge in [0.25, 0.3) is 0 Å². The zero-order valence-electron chi connectivity index (χ0n) is 13.0. The van der Waals surface area contributed by atoms with E-state index in [1.54, 1.807) is 24.3 Å². The van der Waals surface area contributed by atoms with Crippen LogP contribution in [0.4, 0.5) is 0 Å². The Kier molecular flexibility index (Phi) is 6.60. The van der Waals surface area contributed by atoms with Gasteiger partial charge in [-0.1, -0.05) is 62.2 Å². The molecule has 128 valence electrons. The number of amides is 1. The second-order valence-corrected chi connectivity index (χ2v) is 9.30. The molecular weight excluding hydrogens is 458 g/mol. The molecule has 1 N–H and O–H groups in total. The Hall–Kier alpha value is -1.18.